The maximum atomic E-state index is 13.0. The molecule has 3 rings (SSSR count). The van der Waals surface area contributed by atoms with Gasteiger partial charge in [0.05, 0.1) is 15.5 Å². The average Bonchev–Trinajstić information content (AvgIpc) is 2.74. The van der Waals surface area contributed by atoms with E-state index in [0.717, 1.165) is 12.1 Å². The lowest BCUT2D eigenvalue weighted by Gasteiger charge is -2.13. The largest absolute Gasteiger partial charge is 0.417 e. The molecule has 3 aromatic carbocycles. The van der Waals surface area contributed by atoms with Crippen LogP contribution in [0.3, 0.4) is 0 Å². The number of hydrogen-bond acceptors (Lipinski definition) is 3. The van der Waals surface area contributed by atoms with Crippen molar-refractivity contribution in [3.8, 4) is 0 Å². The molecule has 1 amide bonds. The fourth-order valence-corrected chi connectivity index (χ4v) is 4.47. The van der Waals surface area contributed by atoms with E-state index in [2.05, 4.69) is 10.0 Å². The van der Waals surface area contributed by atoms with Crippen LogP contribution in [-0.4, -0.2) is 14.3 Å². The van der Waals surface area contributed by atoms with Crippen LogP contribution < -0.4 is 10.0 Å². The number of carbonyl (C=O) groups excluding carboxylic acids is 1. The zero-order valence-electron chi connectivity index (χ0n) is 16.8. The second kappa shape index (κ2) is 10.3. The minimum absolute atomic E-state index is 0.225. The Kier molecular flexibility index (Phi) is 7.82. The van der Waals surface area contributed by atoms with Crippen LogP contribution in [0.25, 0.3) is 6.08 Å². The van der Waals surface area contributed by atoms with Crippen LogP contribution in [0, 0.1) is 0 Å². The molecular weight excluding hydrogens is 536 g/mol. The SMILES string of the molecule is O=C(/C=C/c1ccc(Cl)cc1Cl)Nc1ccc(S(=O)(=O)Nc2ccc(Cl)c(C(F)(F)F)c2)cc1. The van der Waals surface area contributed by atoms with E-state index >= 15 is 0 Å². The Balaban J connectivity index is 1.70. The number of amides is 1. The summed E-state index contributed by atoms with van der Waals surface area (Å²) in [6.07, 6.45) is -2.02. The number of sulfonamides is 1. The molecule has 2 N–H and O–H groups in total. The van der Waals surface area contributed by atoms with E-state index in [-0.39, 0.29) is 10.6 Å². The molecule has 178 valence electrons. The molecule has 0 aliphatic rings. The van der Waals surface area contributed by atoms with Crippen molar-refractivity contribution in [1.82, 2.24) is 0 Å². The fourth-order valence-electron chi connectivity index (χ4n) is 2.72. The van der Waals surface area contributed by atoms with Gasteiger partial charge < -0.3 is 5.32 Å². The van der Waals surface area contributed by atoms with Gasteiger partial charge in [0.25, 0.3) is 10.0 Å². The first-order valence-electron chi connectivity index (χ1n) is 9.29. The number of anilines is 2. The first-order valence-corrected chi connectivity index (χ1v) is 11.9. The summed E-state index contributed by atoms with van der Waals surface area (Å²) in [6, 6.07) is 12.5. The van der Waals surface area contributed by atoms with Crippen LogP contribution in [0.1, 0.15) is 11.1 Å². The van der Waals surface area contributed by atoms with Gasteiger partial charge in [0.15, 0.2) is 0 Å². The topological polar surface area (TPSA) is 75.3 Å². The molecular formula is C22H14Cl3F3N2O3S. The molecule has 0 saturated heterocycles. The molecule has 0 saturated carbocycles. The Bertz CT molecular complexity index is 1360. The number of halogens is 6. The van der Waals surface area contributed by atoms with Crippen molar-refractivity contribution >= 4 is 68.2 Å². The highest BCUT2D eigenvalue weighted by molar-refractivity contribution is 7.92. The molecule has 34 heavy (non-hydrogen) atoms. The summed E-state index contributed by atoms with van der Waals surface area (Å²) in [5, 5.41) is 2.81. The van der Waals surface area contributed by atoms with E-state index in [1.54, 1.807) is 12.1 Å². The van der Waals surface area contributed by atoms with Crippen molar-refractivity contribution in [2.75, 3.05) is 10.0 Å². The van der Waals surface area contributed by atoms with Gasteiger partial charge in [-0.3, -0.25) is 9.52 Å². The van der Waals surface area contributed by atoms with Gasteiger partial charge in [0.1, 0.15) is 0 Å². The van der Waals surface area contributed by atoms with E-state index in [9.17, 15) is 26.4 Å². The van der Waals surface area contributed by atoms with Gasteiger partial charge in [-0.25, -0.2) is 8.42 Å². The Morgan fingerprint density at radius 2 is 1.50 bits per heavy atom. The number of benzene rings is 3. The second-order valence-corrected chi connectivity index (χ2v) is 9.74. The van der Waals surface area contributed by atoms with Gasteiger partial charge in [0.2, 0.25) is 5.91 Å². The second-order valence-electron chi connectivity index (χ2n) is 6.81. The number of rotatable bonds is 6. The fraction of sp³-hybridized carbons (Fsp3) is 0.0455. The van der Waals surface area contributed by atoms with Crippen LogP contribution in [-0.2, 0) is 21.0 Å². The van der Waals surface area contributed by atoms with Crippen molar-refractivity contribution in [3.63, 3.8) is 0 Å². The normalized spacial score (nSPS) is 12.1. The van der Waals surface area contributed by atoms with Crippen LogP contribution in [0.4, 0.5) is 24.5 Å². The lowest BCUT2D eigenvalue weighted by Crippen LogP contribution is -2.14. The molecule has 0 aromatic heterocycles. The van der Waals surface area contributed by atoms with E-state index in [1.807, 2.05) is 0 Å². The maximum Gasteiger partial charge on any atom is 0.417 e. The Morgan fingerprint density at radius 1 is 0.853 bits per heavy atom. The summed E-state index contributed by atoms with van der Waals surface area (Å²) in [5.41, 5.74) is -0.605. The van der Waals surface area contributed by atoms with Crippen LogP contribution in [0.2, 0.25) is 15.1 Å². The minimum atomic E-state index is -4.74. The summed E-state index contributed by atoms with van der Waals surface area (Å²) in [5.74, 6) is -0.499. The summed E-state index contributed by atoms with van der Waals surface area (Å²) in [6.45, 7) is 0. The van der Waals surface area contributed by atoms with Crippen LogP contribution in [0.15, 0.2) is 71.6 Å². The molecule has 0 unspecified atom stereocenters. The first-order chi connectivity index (χ1) is 15.8. The van der Waals surface area contributed by atoms with Crippen molar-refractivity contribution < 1.29 is 26.4 Å². The third kappa shape index (κ3) is 6.66. The van der Waals surface area contributed by atoms with Crippen LogP contribution >= 0.6 is 34.8 Å². The number of carbonyl (C=O) groups is 1. The van der Waals surface area contributed by atoms with E-state index in [1.165, 1.54) is 42.5 Å². The first kappa shape index (κ1) is 25.9. The average molecular weight is 550 g/mol. The molecule has 3 aromatic rings. The molecule has 0 aliphatic carbocycles. The maximum absolute atomic E-state index is 13.0. The molecule has 0 atom stereocenters. The molecule has 0 radical (unpaired) electrons. The number of hydrogen-bond donors (Lipinski definition) is 2. The van der Waals surface area contributed by atoms with Gasteiger partial charge in [-0.2, -0.15) is 13.2 Å². The van der Waals surface area contributed by atoms with Gasteiger partial charge >= 0.3 is 6.18 Å². The molecule has 0 aliphatic heterocycles. The standard InChI is InChI=1S/C22H14Cl3F3N2O3S/c23-14-3-1-13(20(25)11-14)2-10-21(31)29-15-4-7-17(8-5-15)34(32,33)30-16-6-9-19(24)18(12-16)22(26,27)28/h1-12,30H,(H,29,31)/b10-2+. The summed E-state index contributed by atoms with van der Waals surface area (Å²) in [4.78, 5) is 11.9. The highest BCUT2D eigenvalue weighted by atomic mass is 35.5. The summed E-state index contributed by atoms with van der Waals surface area (Å²) < 4.78 is 66.2. The smallest absolute Gasteiger partial charge is 0.323 e. The van der Waals surface area contributed by atoms with Gasteiger partial charge in [-0.05, 0) is 66.2 Å². The highest BCUT2D eigenvalue weighted by Gasteiger charge is 2.33. The molecule has 5 nitrogen and oxygen atoms in total. The Labute approximate surface area is 208 Å². The van der Waals surface area contributed by atoms with E-state index in [0.29, 0.717) is 27.4 Å². The number of nitrogens with one attached hydrogen (secondary N) is 2. The minimum Gasteiger partial charge on any atom is -0.323 e. The zero-order chi connectivity index (χ0) is 25.1. The van der Waals surface area contributed by atoms with Gasteiger partial charge in [-0.15, -0.1) is 0 Å². The third-order valence-electron chi connectivity index (χ3n) is 4.33. The van der Waals surface area contributed by atoms with Crippen molar-refractivity contribution in [3.05, 3.63) is 92.9 Å². The van der Waals surface area contributed by atoms with Crippen molar-refractivity contribution in [2.45, 2.75) is 11.1 Å². The Hall–Kier alpha value is -2.72. The summed E-state index contributed by atoms with van der Waals surface area (Å²) in [7, 11) is -4.20. The van der Waals surface area contributed by atoms with Crippen molar-refractivity contribution in [1.29, 1.82) is 0 Å². The van der Waals surface area contributed by atoms with Crippen LogP contribution in [0.5, 0.6) is 0 Å². The lowest BCUT2D eigenvalue weighted by molar-refractivity contribution is -0.137. The van der Waals surface area contributed by atoms with E-state index < -0.39 is 32.7 Å². The monoisotopic (exact) mass is 548 g/mol. The van der Waals surface area contributed by atoms with Gasteiger partial charge in [-0.1, -0.05) is 40.9 Å². The zero-order valence-corrected chi connectivity index (χ0v) is 19.9. The predicted octanol–water partition coefficient (Wildman–Crippen LogP) is 7.12. The number of alkyl halides is 3. The predicted molar refractivity (Wildman–Crippen MR) is 128 cm³/mol. The molecule has 0 spiro atoms. The summed E-state index contributed by atoms with van der Waals surface area (Å²) >= 11 is 17.4. The Morgan fingerprint density at radius 3 is 2.12 bits per heavy atom. The highest BCUT2D eigenvalue weighted by Crippen LogP contribution is 2.36. The quantitative estimate of drug-likeness (QED) is 0.322. The molecule has 12 heteroatoms. The molecule has 0 heterocycles. The lowest BCUT2D eigenvalue weighted by atomic mass is 10.2. The molecule has 0 bridgehead atoms. The van der Waals surface area contributed by atoms with E-state index in [4.69, 9.17) is 34.8 Å². The third-order valence-corrected chi connectivity index (χ3v) is 6.62. The molecule has 0 fully saturated rings. The van der Waals surface area contributed by atoms with Crippen molar-refractivity contribution in [2.24, 2.45) is 0 Å². The van der Waals surface area contributed by atoms with Gasteiger partial charge in [0, 0.05) is 27.5 Å².